The number of methoxy groups -OCH3 is 1. The van der Waals surface area contributed by atoms with Gasteiger partial charge in [0.1, 0.15) is 12.3 Å². The average molecular weight is 563 g/mol. The summed E-state index contributed by atoms with van der Waals surface area (Å²) in [4.78, 5) is 12.8. The van der Waals surface area contributed by atoms with Crippen molar-refractivity contribution in [1.82, 2.24) is 5.43 Å². The van der Waals surface area contributed by atoms with Gasteiger partial charge in [-0.15, -0.1) is 0 Å². The predicted molar refractivity (Wildman–Crippen MR) is 133 cm³/mol. The molecule has 0 saturated carbocycles. The van der Waals surface area contributed by atoms with Gasteiger partial charge in [-0.3, -0.25) is 9.10 Å². The van der Waals surface area contributed by atoms with Crippen molar-refractivity contribution in [3.05, 3.63) is 88.0 Å². The molecule has 0 bridgehead atoms. The number of rotatable bonds is 8. The van der Waals surface area contributed by atoms with Crippen LogP contribution in [-0.4, -0.2) is 33.7 Å². The van der Waals surface area contributed by atoms with E-state index in [1.54, 1.807) is 49.4 Å². The number of hydrogen-bond donors (Lipinski definition) is 1. The Balaban J connectivity index is 1.90. The number of hydrazone groups is 1. The Labute approximate surface area is 201 Å². The van der Waals surface area contributed by atoms with Crippen molar-refractivity contribution in [1.29, 1.82) is 0 Å². The molecule has 0 aliphatic heterocycles. The summed E-state index contributed by atoms with van der Waals surface area (Å²) in [5.41, 5.74) is 4.17. The molecular weight excluding hydrogens is 541 g/mol. The third-order valence-corrected chi connectivity index (χ3v) is 7.08. The molecule has 0 radical (unpaired) electrons. The summed E-state index contributed by atoms with van der Waals surface area (Å²) < 4.78 is 34.2. The lowest BCUT2D eigenvalue weighted by atomic mass is 10.1. The van der Waals surface area contributed by atoms with E-state index in [0.717, 1.165) is 13.4 Å². The summed E-state index contributed by atoms with van der Waals surface area (Å²) >= 11 is 2.21. The smallest absolute Gasteiger partial charge is 0.264 e. The highest BCUT2D eigenvalue weighted by Crippen LogP contribution is 2.32. The van der Waals surface area contributed by atoms with Crippen molar-refractivity contribution in [2.75, 3.05) is 18.0 Å². The van der Waals surface area contributed by atoms with Crippen LogP contribution in [0.5, 0.6) is 5.75 Å². The molecule has 0 spiro atoms. The number of hydrogen-bond acceptors (Lipinski definition) is 5. The number of carbonyl (C=O) groups excluding carboxylic acids is 1. The van der Waals surface area contributed by atoms with Crippen LogP contribution in [0.1, 0.15) is 12.5 Å². The van der Waals surface area contributed by atoms with Crippen molar-refractivity contribution in [2.24, 2.45) is 5.10 Å². The van der Waals surface area contributed by atoms with Gasteiger partial charge in [0, 0.05) is 3.57 Å². The second-order valence-electron chi connectivity index (χ2n) is 6.74. The van der Waals surface area contributed by atoms with E-state index < -0.39 is 22.5 Å². The van der Waals surface area contributed by atoms with Gasteiger partial charge in [-0.2, -0.15) is 5.10 Å². The Morgan fingerprint density at radius 1 is 1.00 bits per heavy atom. The molecule has 0 aromatic heterocycles. The number of para-hydroxylation sites is 2. The fraction of sp³-hybridized carbons (Fsp3) is 0.130. The zero-order chi connectivity index (χ0) is 23.1. The van der Waals surface area contributed by atoms with Crippen LogP contribution in [0.15, 0.2) is 88.9 Å². The molecule has 0 heterocycles. The first-order chi connectivity index (χ1) is 15.3. The maximum Gasteiger partial charge on any atom is 0.264 e. The van der Waals surface area contributed by atoms with E-state index in [2.05, 4.69) is 33.1 Å². The molecule has 1 N–H and O–H groups in total. The maximum atomic E-state index is 13.4. The quantitative estimate of drug-likeness (QED) is 0.255. The summed E-state index contributed by atoms with van der Waals surface area (Å²) in [6.07, 6.45) is 0. The van der Waals surface area contributed by atoms with Gasteiger partial charge < -0.3 is 4.74 Å². The number of nitrogens with one attached hydrogen (secondary N) is 1. The highest BCUT2D eigenvalue weighted by atomic mass is 127. The standard InChI is InChI=1S/C23H22IN3O4S/c1-17(18-12-14-19(24)15-13-18)25-26-23(28)16-27(21-10-6-7-11-22(21)31-2)32(29,30)20-8-4-3-5-9-20/h3-15H,16H2,1-2H3,(H,26,28)/b25-17+. The minimum absolute atomic E-state index is 0.0669. The molecule has 0 atom stereocenters. The summed E-state index contributed by atoms with van der Waals surface area (Å²) in [6, 6.07) is 22.2. The Morgan fingerprint density at radius 2 is 1.62 bits per heavy atom. The van der Waals surface area contributed by atoms with Crippen molar-refractivity contribution in [3.63, 3.8) is 0 Å². The molecule has 166 valence electrons. The van der Waals surface area contributed by atoms with Crippen LogP contribution < -0.4 is 14.5 Å². The molecule has 1 amide bonds. The normalized spacial score (nSPS) is 11.7. The van der Waals surface area contributed by atoms with Crippen LogP contribution in [0.2, 0.25) is 0 Å². The highest BCUT2D eigenvalue weighted by molar-refractivity contribution is 14.1. The van der Waals surface area contributed by atoms with E-state index in [1.807, 2.05) is 24.3 Å². The third kappa shape index (κ3) is 5.65. The lowest BCUT2D eigenvalue weighted by Crippen LogP contribution is -2.40. The number of carbonyl (C=O) groups is 1. The number of anilines is 1. The van der Waals surface area contributed by atoms with E-state index in [9.17, 15) is 13.2 Å². The van der Waals surface area contributed by atoms with Crippen molar-refractivity contribution in [3.8, 4) is 5.75 Å². The first-order valence-corrected chi connectivity index (χ1v) is 12.1. The Hall–Kier alpha value is -2.92. The van der Waals surface area contributed by atoms with Gasteiger partial charge in [-0.05, 0) is 71.5 Å². The number of halogens is 1. The largest absolute Gasteiger partial charge is 0.495 e. The van der Waals surface area contributed by atoms with Gasteiger partial charge in [-0.1, -0.05) is 42.5 Å². The molecule has 0 aliphatic carbocycles. The van der Waals surface area contributed by atoms with Gasteiger partial charge in [0.15, 0.2) is 0 Å². The summed E-state index contributed by atoms with van der Waals surface area (Å²) in [5.74, 6) is -0.251. The van der Waals surface area contributed by atoms with E-state index in [1.165, 1.54) is 19.2 Å². The first kappa shape index (κ1) is 23.7. The SMILES string of the molecule is COc1ccccc1N(CC(=O)N/N=C(\C)c1ccc(I)cc1)S(=O)(=O)c1ccccc1. The van der Waals surface area contributed by atoms with Gasteiger partial charge in [0.25, 0.3) is 15.9 Å². The fourth-order valence-electron chi connectivity index (χ4n) is 2.92. The van der Waals surface area contributed by atoms with E-state index in [-0.39, 0.29) is 10.6 Å². The molecule has 0 unspecified atom stereocenters. The van der Waals surface area contributed by atoms with Crippen molar-refractivity contribution >= 4 is 49.9 Å². The zero-order valence-corrected chi connectivity index (χ0v) is 20.5. The number of benzene rings is 3. The number of sulfonamides is 1. The number of nitrogens with zero attached hydrogens (tertiary/aromatic N) is 2. The molecule has 0 fully saturated rings. The predicted octanol–water partition coefficient (Wildman–Crippen LogP) is 4.04. The Morgan fingerprint density at radius 3 is 2.28 bits per heavy atom. The third-order valence-electron chi connectivity index (χ3n) is 4.58. The average Bonchev–Trinajstić information content (AvgIpc) is 2.82. The van der Waals surface area contributed by atoms with Crippen LogP contribution in [0.4, 0.5) is 5.69 Å². The van der Waals surface area contributed by atoms with E-state index >= 15 is 0 Å². The van der Waals surface area contributed by atoms with Crippen LogP contribution in [0.3, 0.4) is 0 Å². The maximum absolute atomic E-state index is 13.4. The topological polar surface area (TPSA) is 88.1 Å². The summed E-state index contributed by atoms with van der Waals surface area (Å²) in [7, 11) is -2.59. The minimum atomic E-state index is -4.03. The Bertz CT molecular complexity index is 1210. The molecule has 0 saturated heterocycles. The molecule has 32 heavy (non-hydrogen) atoms. The number of amides is 1. The van der Waals surface area contributed by atoms with Crippen LogP contribution in [0.25, 0.3) is 0 Å². The molecule has 7 nitrogen and oxygen atoms in total. The van der Waals surface area contributed by atoms with E-state index in [0.29, 0.717) is 11.5 Å². The van der Waals surface area contributed by atoms with E-state index in [4.69, 9.17) is 4.74 Å². The van der Waals surface area contributed by atoms with Crippen LogP contribution in [0, 0.1) is 3.57 Å². The first-order valence-electron chi connectivity index (χ1n) is 9.63. The second kappa shape index (κ2) is 10.6. The Kier molecular flexibility index (Phi) is 7.86. The molecule has 3 aromatic carbocycles. The lowest BCUT2D eigenvalue weighted by Gasteiger charge is -2.25. The van der Waals surface area contributed by atoms with Crippen LogP contribution in [-0.2, 0) is 14.8 Å². The van der Waals surface area contributed by atoms with Gasteiger partial charge in [0.05, 0.1) is 23.4 Å². The van der Waals surface area contributed by atoms with Gasteiger partial charge in [-0.25, -0.2) is 13.8 Å². The highest BCUT2D eigenvalue weighted by Gasteiger charge is 2.29. The molecule has 0 aliphatic rings. The number of ether oxygens (including phenoxy) is 1. The monoisotopic (exact) mass is 563 g/mol. The molecule has 3 aromatic rings. The molecule has 3 rings (SSSR count). The van der Waals surface area contributed by atoms with Crippen molar-refractivity contribution < 1.29 is 17.9 Å². The zero-order valence-electron chi connectivity index (χ0n) is 17.5. The van der Waals surface area contributed by atoms with Crippen LogP contribution >= 0.6 is 22.6 Å². The van der Waals surface area contributed by atoms with Gasteiger partial charge >= 0.3 is 0 Å². The summed E-state index contributed by atoms with van der Waals surface area (Å²) in [6.45, 7) is 1.29. The minimum Gasteiger partial charge on any atom is -0.495 e. The second-order valence-corrected chi connectivity index (χ2v) is 9.84. The van der Waals surface area contributed by atoms with Crippen molar-refractivity contribution in [2.45, 2.75) is 11.8 Å². The lowest BCUT2D eigenvalue weighted by molar-refractivity contribution is -0.119. The van der Waals surface area contributed by atoms with Gasteiger partial charge in [0.2, 0.25) is 0 Å². The molecular formula is C23H22IN3O4S. The molecule has 9 heteroatoms. The fourth-order valence-corrected chi connectivity index (χ4v) is 4.73. The summed E-state index contributed by atoms with van der Waals surface area (Å²) in [5, 5.41) is 4.13.